The number of rotatable bonds is 9. The Morgan fingerprint density at radius 1 is 1.19 bits per heavy atom. The van der Waals surface area contributed by atoms with E-state index in [0.717, 1.165) is 29.7 Å². The van der Waals surface area contributed by atoms with E-state index in [4.69, 9.17) is 9.47 Å². The van der Waals surface area contributed by atoms with Crippen molar-refractivity contribution in [1.82, 2.24) is 10.2 Å². The number of methoxy groups -OCH3 is 1. The molecule has 7 nitrogen and oxygen atoms in total. The minimum absolute atomic E-state index is 0.283. The van der Waals surface area contributed by atoms with Gasteiger partial charge in [0.15, 0.2) is 16.5 Å². The van der Waals surface area contributed by atoms with Crippen LogP contribution < -0.4 is 14.8 Å². The molecule has 1 amide bonds. The van der Waals surface area contributed by atoms with E-state index < -0.39 is 0 Å². The summed E-state index contributed by atoms with van der Waals surface area (Å²) in [6.45, 7) is 2.72. The number of anilines is 1. The minimum atomic E-state index is -0.283. The Labute approximate surface area is 185 Å². The first-order valence-corrected chi connectivity index (χ1v) is 10.6. The van der Waals surface area contributed by atoms with Gasteiger partial charge in [0.1, 0.15) is 6.07 Å². The molecule has 2 aromatic carbocycles. The van der Waals surface area contributed by atoms with E-state index in [0.29, 0.717) is 39.4 Å². The number of allylic oxidation sites excluding steroid dienone is 1. The van der Waals surface area contributed by atoms with Crippen molar-refractivity contribution in [2.24, 2.45) is 0 Å². The first kappa shape index (κ1) is 22.0. The third-order valence-electron chi connectivity index (χ3n) is 4.29. The Bertz CT molecular complexity index is 1100. The van der Waals surface area contributed by atoms with Crippen LogP contribution in [-0.2, 0) is 0 Å². The van der Waals surface area contributed by atoms with Crippen LogP contribution >= 0.6 is 11.3 Å². The number of nitrogens with one attached hydrogen (secondary N) is 1. The lowest BCUT2D eigenvalue weighted by atomic mass is 10.1. The smallest absolute Gasteiger partial charge is 0.257 e. The maximum atomic E-state index is 12.3. The lowest BCUT2D eigenvalue weighted by molar-refractivity contribution is 0.102. The highest BCUT2D eigenvalue weighted by atomic mass is 32.1. The normalized spacial score (nSPS) is 10.9. The van der Waals surface area contributed by atoms with Crippen molar-refractivity contribution in [3.8, 4) is 17.6 Å². The van der Waals surface area contributed by atoms with Crippen molar-refractivity contribution in [3.05, 3.63) is 64.7 Å². The molecule has 0 fully saturated rings. The van der Waals surface area contributed by atoms with Gasteiger partial charge in [-0.25, -0.2) is 0 Å². The molecule has 1 aromatic heterocycles. The quantitative estimate of drug-likeness (QED) is 0.374. The van der Waals surface area contributed by atoms with Gasteiger partial charge < -0.3 is 9.47 Å². The molecular formula is C23H22N4O3S. The average molecular weight is 435 g/mol. The standard InChI is InChI=1S/C23H22N4O3S/c1-3-4-12-30-19-11-10-16(14-20(19)29-2)13-18(15-24)22-26-27-23(31-22)25-21(28)17-8-6-5-7-9-17/h5-11,13-14H,3-4,12H2,1-2H3,(H,25,27,28)/b18-13+. The summed E-state index contributed by atoms with van der Waals surface area (Å²) in [7, 11) is 1.58. The minimum Gasteiger partial charge on any atom is -0.493 e. The van der Waals surface area contributed by atoms with Crippen molar-refractivity contribution in [2.75, 3.05) is 19.0 Å². The Morgan fingerprint density at radius 3 is 2.71 bits per heavy atom. The number of carbonyl (C=O) groups is 1. The van der Waals surface area contributed by atoms with E-state index >= 15 is 0 Å². The molecule has 8 heteroatoms. The van der Waals surface area contributed by atoms with E-state index in [1.807, 2.05) is 18.2 Å². The lowest BCUT2D eigenvalue weighted by Crippen LogP contribution is -2.11. The predicted octanol–water partition coefficient (Wildman–Crippen LogP) is 5.04. The second-order valence-corrected chi connectivity index (χ2v) is 7.49. The van der Waals surface area contributed by atoms with Crippen LogP contribution in [0.2, 0.25) is 0 Å². The molecule has 0 unspecified atom stereocenters. The molecule has 31 heavy (non-hydrogen) atoms. The molecule has 158 valence electrons. The molecule has 1 heterocycles. The van der Waals surface area contributed by atoms with E-state index in [1.54, 1.807) is 43.5 Å². The van der Waals surface area contributed by atoms with E-state index in [9.17, 15) is 10.1 Å². The van der Waals surface area contributed by atoms with Crippen molar-refractivity contribution >= 4 is 34.0 Å². The van der Waals surface area contributed by atoms with Crippen molar-refractivity contribution in [2.45, 2.75) is 19.8 Å². The molecule has 0 atom stereocenters. The topological polar surface area (TPSA) is 97.1 Å². The Hall–Kier alpha value is -3.70. The van der Waals surface area contributed by atoms with E-state index in [1.165, 1.54) is 0 Å². The van der Waals surface area contributed by atoms with Crippen LogP contribution in [0.4, 0.5) is 5.13 Å². The molecule has 0 spiro atoms. The maximum absolute atomic E-state index is 12.3. The monoisotopic (exact) mass is 434 g/mol. The van der Waals surface area contributed by atoms with Crippen molar-refractivity contribution in [1.29, 1.82) is 5.26 Å². The second-order valence-electron chi connectivity index (χ2n) is 6.51. The van der Waals surface area contributed by atoms with Crippen LogP contribution in [0.1, 0.15) is 40.7 Å². The molecule has 0 aliphatic carbocycles. The zero-order chi connectivity index (χ0) is 22.1. The molecule has 1 N–H and O–H groups in total. The number of hydrogen-bond donors (Lipinski definition) is 1. The number of carbonyl (C=O) groups excluding carboxylic acids is 1. The number of nitriles is 1. The Kier molecular flexibility index (Phi) is 7.73. The molecule has 0 saturated carbocycles. The SMILES string of the molecule is CCCCOc1ccc(/C=C(\C#N)c2nnc(NC(=O)c3ccccc3)s2)cc1OC. The lowest BCUT2D eigenvalue weighted by Gasteiger charge is -2.11. The number of amides is 1. The van der Waals surface area contributed by atoms with E-state index in [-0.39, 0.29) is 5.91 Å². The summed E-state index contributed by atoms with van der Waals surface area (Å²) in [6, 6.07) is 16.4. The fourth-order valence-electron chi connectivity index (χ4n) is 2.67. The highest BCUT2D eigenvalue weighted by molar-refractivity contribution is 7.16. The van der Waals surface area contributed by atoms with E-state index in [2.05, 4.69) is 28.5 Å². The summed E-state index contributed by atoms with van der Waals surface area (Å²) in [5.74, 6) is 0.970. The van der Waals surface area contributed by atoms with Gasteiger partial charge in [0.25, 0.3) is 5.91 Å². The number of nitrogens with zero attached hydrogens (tertiary/aromatic N) is 3. The molecule has 0 aliphatic heterocycles. The van der Waals surface area contributed by atoms with Gasteiger partial charge in [-0.3, -0.25) is 10.1 Å². The van der Waals surface area contributed by atoms with Crippen molar-refractivity contribution < 1.29 is 14.3 Å². The third kappa shape index (κ3) is 5.90. The summed E-state index contributed by atoms with van der Waals surface area (Å²) >= 11 is 1.13. The third-order valence-corrected chi connectivity index (χ3v) is 5.16. The number of aromatic nitrogens is 2. The number of benzene rings is 2. The van der Waals surface area contributed by atoms with Crippen LogP contribution in [0, 0.1) is 11.3 Å². The van der Waals surface area contributed by atoms with Crippen LogP contribution in [0.5, 0.6) is 11.5 Å². The number of hydrogen-bond acceptors (Lipinski definition) is 7. The van der Waals surface area contributed by atoms with Crippen LogP contribution in [0.25, 0.3) is 11.6 Å². The maximum Gasteiger partial charge on any atom is 0.257 e. The largest absolute Gasteiger partial charge is 0.493 e. The highest BCUT2D eigenvalue weighted by Crippen LogP contribution is 2.31. The Balaban J connectivity index is 1.76. The fourth-order valence-corrected chi connectivity index (χ4v) is 3.37. The van der Waals surface area contributed by atoms with Gasteiger partial charge in [-0.15, -0.1) is 10.2 Å². The first-order chi connectivity index (χ1) is 15.1. The molecule has 0 bridgehead atoms. The second kappa shape index (κ2) is 10.9. The van der Waals surface area contributed by atoms with Gasteiger partial charge >= 0.3 is 0 Å². The highest BCUT2D eigenvalue weighted by Gasteiger charge is 2.13. The zero-order valence-electron chi connectivity index (χ0n) is 17.3. The summed E-state index contributed by atoms with van der Waals surface area (Å²) in [5, 5.41) is 21.1. The molecule has 3 aromatic rings. The molecule has 0 saturated heterocycles. The van der Waals surface area contributed by atoms with Crippen LogP contribution in [-0.4, -0.2) is 29.8 Å². The van der Waals surface area contributed by atoms with Gasteiger partial charge in [0, 0.05) is 5.56 Å². The number of unbranched alkanes of at least 4 members (excludes halogenated alkanes) is 1. The van der Waals surface area contributed by atoms with Crippen molar-refractivity contribution in [3.63, 3.8) is 0 Å². The average Bonchev–Trinajstić information content (AvgIpc) is 3.27. The van der Waals surface area contributed by atoms with Gasteiger partial charge in [-0.1, -0.05) is 48.9 Å². The fraction of sp³-hybridized carbons (Fsp3) is 0.217. The summed E-state index contributed by atoms with van der Waals surface area (Å²) in [5.41, 5.74) is 1.62. The predicted molar refractivity (Wildman–Crippen MR) is 121 cm³/mol. The molecular weight excluding hydrogens is 412 g/mol. The van der Waals surface area contributed by atoms with Crippen LogP contribution in [0.15, 0.2) is 48.5 Å². The van der Waals surface area contributed by atoms with Gasteiger partial charge in [0.2, 0.25) is 5.13 Å². The van der Waals surface area contributed by atoms with Gasteiger partial charge in [-0.2, -0.15) is 5.26 Å². The summed E-state index contributed by atoms with van der Waals surface area (Å²) < 4.78 is 11.2. The summed E-state index contributed by atoms with van der Waals surface area (Å²) in [4.78, 5) is 12.3. The molecule has 0 aliphatic rings. The number of ether oxygens (including phenoxy) is 2. The molecule has 0 radical (unpaired) electrons. The zero-order valence-corrected chi connectivity index (χ0v) is 18.1. The van der Waals surface area contributed by atoms with Gasteiger partial charge in [0.05, 0.1) is 19.3 Å². The van der Waals surface area contributed by atoms with Crippen LogP contribution in [0.3, 0.4) is 0 Å². The Morgan fingerprint density at radius 2 is 2.00 bits per heavy atom. The first-order valence-electron chi connectivity index (χ1n) is 9.77. The summed E-state index contributed by atoms with van der Waals surface area (Å²) in [6.07, 6.45) is 3.70. The molecule has 3 rings (SSSR count). The van der Waals surface area contributed by atoms with Gasteiger partial charge in [-0.05, 0) is 42.3 Å².